The quantitative estimate of drug-likeness (QED) is 0.254. The number of aliphatic hydroxyl groups excluding tert-OH is 1. The smallest absolute Gasteiger partial charge is 0.390 e. The number of rotatable bonds is 9. The van der Waals surface area contributed by atoms with Crippen LogP contribution in [0, 0.1) is 46.3 Å². The van der Waals surface area contributed by atoms with Gasteiger partial charge in [0, 0.05) is 0 Å². The summed E-state index contributed by atoms with van der Waals surface area (Å²) in [6.45, 7) is 8.71. The maximum Gasteiger partial charge on any atom is 0.397 e. The average molecular weight is 579 g/mol. The Kier molecular flexibility index (Phi) is 8.82. The first-order valence-corrected chi connectivity index (χ1v) is 16.9. The predicted octanol–water partition coefficient (Wildman–Crippen LogP) is 4.99. The SMILES string of the molecule is CC(C)=CCCC(COS(=O)(=O)O)C1CCC2C3CCC4CC(OS(=O)(=O)O)C(O)CC4(C)C3CCC12C. The van der Waals surface area contributed by atoms with Crippen molar-refractivity contribution in [3.8, 4) is 0 Å². The Hall–Kier alpha value is -0.560. The third-order valence-corrected chi connectivity index (χ3v) is 12.0. The summed E-state index contributed by atoms with van der Waals surface area (Å²) in [4.78, 5) is 0. The molecule has 0 radical (unpaired) electrons. The van der Waals surface area contributed by atoms with E-state index in [2.05, 4.69) is 19.9 Å². The fourth-order valence-corrected chi connectivity index (χ4v) is 10.4. The van der Waals surface area contributed by atoms with E-state index in [1.54, 1.807) is 0 Å². The van der Waals surface area contributed by atoms with Gasteiger partial charge < -0.3 is 5.11 Å². The largest absolute Gasteiger partial charge is 0.397 e. The molecule has 0 saturated heterocycles. The number of allylic oxidation sites excluding steroid dienone is 2. The highest BCUT2D eigenvalue weighted by Crippen LogP contribution is 2.68. The van der Waals surface area contributed by atoms with E-state index in [4.69, 9.17) is 8.37 Å². The molecular formula is C27H46O9S2. The fraction of sp³-hybridized carbons (Fsp3) is 0.926. The van der Waals surface area contributed by atoms with Gasteiger partial charge in [0.1, 0.15) is 6.10 Å². The van der Waals surface area contributed by atoms with Crippen LogP contribution in [0.3, 0.4) is 0 Å². The third kappa shape index (κ3) is 6.34. The lowest BCUT2D eigenvalue weighted by atomic mass is 9.44. The summed E-state index contributed by atoms with van der Waals surface area (Å²) in [5, 5.41) is 10.8. The molecule has 10 unspecified atom stereocenters. The van der Waals surface area contributed by atoms with Gasteiger partial charge in [-0.1, -0.05) is 25.5 Å². The minimum Gasteiger partial charge on any atom is -0.390 e. The summed E-state index contributed by atoms with van der Waals surface area (Å²) in [5.74, 6) is 1.95. The highest BCUT2D eigenvalue weighted by Gasteiger charge is 2.62. The Balaban J connectivity index is 1.52. The van der Waals surface area contributed by atoms with Gasteiger partial charge in [-0.3, -0.25) is 9.11 Å². The molecule has 3 N–H and O–H groups in total. The standard InChI is InChI=1S/C27H46O9S2/c1-17(2)6-5-7-18(16-35-37(29,30)31)21-10-11-22-20-9-8-19-14-25(36-38(32,33)34)24(28)15-27(19,4)23(20)12-13-26(21,22)3/h6,18-25,28H,5,7-16H2,1-4H3,(H,29,30,31)(H,32,33,34). The molecule has 0 aromatic heterocycles. The van der Waals surface area contributed by atoms with E-state index in [9.17, 15) is 31.0 Å². The molecular weight excluding hydrogens is 532 g/mol. The van der Waals surface area contributed by atoms with Gasteiger partial charge in [0.25, 0.3) is 0 Å². The lowest BCUT2D eigenvalue weighted by Gasteiger charge is -2.62. The van der Waals surface area contributed by atoms with Crippen molar-refractivity contribution in [1.82, 2.24) is 0 Å². The molecule has 0 aromatic carbocycles. The zero-order valence-electron chi connectivity index (χ0n) is 23.1. The number of hydrogen-bond acceptors (Lipinski definition) is 7. The molecule has 4 aliphatic rings. The van der Waals surface area contributed by atoms with Crippen LogP contribution in [0.2, 0.25) is 0 Å². The fourth-order valence-electron chi connectivity index (χ4n) is 9.49. The van der Waals surface area contributed by atoms with E-state index in [0.29, 0.717) is 36.5 Å². The van der Waals surface area contributed by atoms with Gasteiger partial charge in [-0.25, -0.2) is 8.37 Å². The second-order valence-electron chi connectivity index (χ2n) is 13.3. The molecule has 38 heavy (non-hydrogen) atoms. The van der Waals surface area contributed by atoms with Crippen molar-refractivity contribution >= 4 is 20.8 Å². The molecule has 0 bridgehead atoms. The van der Waals surface area contributed by atoms with Gasteiger partial charge in [0.15, 0.2) is 0 Å². The van der Waals surface area contributed by atoms with Crippen molar-refractivity contribution < 1.29 is 39.4 Å². The number of hydrogen-bond donors (Lipinski definition) is 3. The first-order valence-electron chi connectivity index (χ1n) is 14.1. The van der Waals surface area contributed by atoms with Crippen LogP contribution < -0.4 is 0 Å². The summed E-state index contributed by atoms with van der Waals surface area (Å²) in [7, 11) is -9.13. The van der Waals surface area contributed by atoms with Crippen LogP contribution >= 0.6 is 0 Å². The highest BCUT2D eigenvalue weighted by atomic mass is 32.3. The molecule has 11 heteroatoms. The maximum atomic E-state index is 11.4. The van der Waals surface area contributed by atoms with Crippen molar-refractivity contribution in [2.45, 2.75) is 104 Å². The molecule has 0 amide bonds. The first kappa shape index (κ1) is 30.4. The van der Waals surface area contributed by atoms with Crippen molar-refractivity contribution in [3.05, 3.63) is 11.6 Å². The normalized spacial score (nSPS) is 42.0. The molecule has 4 fully saturated rings. The van der Waals surface area contributed by atoms with Gasteiger partial charge in [0.2, 0.25) is 0 Å². The summed E-state index contributed by atoms with van der Waals surface area (Å²) in [6, 6.07) is 0. The van der Waals surface area contributed by atoms with Crippen molar-refractivity contribution in [2.75, 3.05) is 6.61 Å². The predicted molar refractivity (Wildman–Crippen MR) is 143 cm³/mol. The van der Waals surface area contributed by atoms with Crippen LogP contribution in [0.15, 0.2) is 11.6 Å². The van der Waals surface area contributed by atoms with Gasteiger partial charge in [0.05, 0.1) is 12.7 Å². The topological polar surface area (TPSA) is 147 Å². The van der Waals surface area contributed by atoms with Crippen LogP contribution in [0.4, 0.5) is 0 Å². The van der Waals surface area contributed by atoms with Crippen LogP contribution in [0.25, 0.3) is 0 Å². The molecule has 10 atom stereocenters. The molecule has 4 rings (SSSR count). The summed E-state index contributed by atoms with van der Waals surface area (Å²) < 4.78 is 73.7. The minimum atomic E-state index is -4.62. The molecule has 0 spiro atoms. The van der Waals surface area contributed by atoms with E-state index in [1.807, 2.05) is 13.8 Å². The Morgan fingerprint density at radius 3 is 2.29 bits per heavy atom. The third-order valence-electron chi connectivity index (χ3n) is 11.1. The molecule has 220 valence electrons. The molecule has 4 aliphatic carbocycles. The second kappa shape index (κ2) is 11.0. The van der Waals surface area contributed by atoms with E-state index in [1.165, 1.54) is 5.57 Å². The van der Waals surface area contributed by atoms with E-state index < -0.39 is 33.0 Å². The van der Waals surface area contributed by atoms with Gasteiger partial charge in [-0.05, 0) is 124 Å². The Labute approximate surface area is 228 Å². The monoisotopic (exact) mass is 578 g/mol. The van der Waals surface area contributed by atoms with E-state index in [0.717, 1.165) is 51.4 Å². The molecule has 0 aliphatic heterocycles. The molecule has 0 heterocycles. The van der Waals surface area contributed by atoms with Crippen molar-refractivity contribution in [2.24, 2.45) is 46.3 Å². The molecule has 0 aromatic rings. The zero-order valence-corrected chi connectivity index (χ0v) is 24.7. The van der Waals surface area contributed by atoms with Crippen LogP contribution in [-0.2, 0) is 29.2 Å². The summed E-state index contributed by atoms with van der Waals surface area (Å²) >= 11 is 0. The molecule has 4 saturated carbocycles. The van der Waals surface area contributed by atoms with Crippen molar-refractivity contribution in [1.29, 1.82) is 0 Å². The van der Waals surface area contributed by atoms with E-state index in [-0.39, 0.29) is 29.3 Å². The van der Waals surface area contributed by atoms with Crippen LogP contribution in [0.1, 0.15) is 91.9 Å². The van der Waals surface area contributed by atoms with Gasteiger partial charge in [-0.2, -0.15) is 16.8 Å². The number of aliphatic hydroxyl groups is 1. The highest BCUT2D eigenvalue weighted by molar-refractivity contribution is 7.81. The van der Waals surface area contributed by atoms with E-state index >= 15 is 0 Å². The Morgan fingerprint density at radius 1 is 0.974 bits per heavy atom. The summed E-state index contributed by atoms with van der Waals surface area (Å²) in [6.07, 6.45) is 8.92. The average Bonchev–Trinajstić information content (AvgIpc) is 3.12. The molecule has 9 nitrogen and oxygen atoms in total. The zero-order chi connectivity index (χ0) is 28.1. The Morgan fingerprint density at radius 2 is 1.66 bits per heavy atom. The van der Waals surface area contributed by atoms with Gasteiger partial charge >= 0.3 is 20.8 Å². The van der Waals surface area contributed by atoms with Crippen molar-refractivity contribution in [3.63, 3.8) is 0 Å². The lowest BCUT2D eigenvalue weighted by Crippen LogP contribution is -2.57. The second-order valence-corrected chi connectivity index (χ2v) is 15.4. The van der Waals surface area contributed by atoms with Gasteiger partial charge in [-0.15, -0.1) is 0 Å². The maximum absolute atomic E-state index is 11.4. The Bertz CT molecular complexity index is 1100. The first-order chi connectivity index (χ1) is 17.5. The minimum absolute atomic E-state index is 0.00234. The van der Waals surface area contributed by atoms with Crippen LogP contribution in [0.5, 0.6) is 0 Å². The summed E-state index contributed by atoms with van der Waals surface area (Å²) in [5.41, 5.74) is 1.14. The van der Waals surface area contributed by atoms with Crippen LogP contribution in [-0.4, -0.2) is 49.9 Å². The lowest BCUT2D eigenvalue weighted by molar-refractivity contribution is -0.157. The number of fused-ring (bicyclic) bond motifs is 5.